The number of hydrogen-bond donors (Lipinski definition) is 1. The average molecular weight is 142 g/mol. The van der Waals surface area contributed by atoms with Gasteiger partial charge in [0.25, 0.3) is 0 Å². The second-order valence-electron chi connectivity index (χ2n) is 2.42. The Morgan fingerprint density at radius 3 is 2.60 bits per heavy atom. The summed E-state index contributed by atoms with van der Waals surface area (Å²) in [5.74, 6) is -0.777. The Labute approximate surface area is 61.6 Å². The van der Waals surface area contributed by atoms with Crippen LogP contribution in [-0.4, -0.2) is 11.1 Å². The van der Waals surface area contributed by atoms with Crippen LogP contribution in [0.25, 0.3) is 0 Å². The van der Waals surface area contributed by atoms with Crippen molar-refractivity contribution in [1.29, 1.82) is 0 Å². The Morgan fingerprint density at radius 2 is 2.20 bits per heavy atom. The van der Waals surface area contributed by atoms with Crippen LogP contribution in [0.3, 0.4) is 0 Å². The van der Waals surface area contributed by atoms with Gasteiger partial charge in [-0.2, -0.15) is 0 Å². The van der Waals surface area contributed by atoms with E-state index in [1.165, 1.54) is 0 Å². The highest BCUT2D eigenvalue weighted by Crippen LogP contribution is 2.07. The molecule has 0 bridgehead atoms. The van der Waals surface area contributed by atoms with Crippen molar-refractivity contribution in [2.24, 2.45) is 0 Å². The van der Waals surface area contributed by atoms with E-state index >= 15 is 0 Å². The summed E-state index contributed by atoms with van der Waals surface area (Å²) >= 11 is 0. The molecule has 0 aliphatic rings. The van der Waals surface area contributed by atoms with Crippen LogP contribution in [0, 0.1) is 0 Å². The van der Waals surface area contributed by atoms with Crippen molar-refractivity contribution in [3.05, 3.63) is 12.2 Å². The van der Waals surface area contributed by atoms with Crippen molar-refractivity contribution in [3.63, 3.8) is 0 Å². The normalized spacial score (nSPS) is 9.30. The van der Waals surface area contributed by atoms with Gasteiger partial charge in [-0.25, -0.2) is 0 Å². The third kappa shape index (κ3) is 5.35. The van der Waals surface area contributed by atoms with E-state index in [-0.39, 0.29) is 6.42 Å². The van der Waals surface area contributed by atoms with Crippen LogP contribution in [0.2, 0.25) is 0 Å². The van der Waals surface area contributed by atoms with Gasteiger partial charge < -0.3 is 5.11 Å². The predicted octanol–water partition coefficient (Wildman–Crippen LogP) is 2.21. The van der Waals surface area contributed by atoms with Crippen molar-refractivity contribution in [2.45, 2.75) is 32.6 Å². The number of hydrogen-bond acceptors (Lipinski definition) is 1. The lowest BCUT2D eigenvalue weighted by atomic mass is 10.1. The summed E-state index contributed by atoms with van der Waals surface area (Å²) in [6, 6.07) is 0. The molecule has 0 heterocycles. The first kappa shape index (κ1) is 9.21. The van der Waals surface area contributed by atoms with E-state index in [4.69, 9.17) is 5.11 Å². The maximum atomic E-state index is 10.1. The van der Waals surface area contributed by atoms with Crippen LogP contribution < -0.4 is 0 Å². The van der Waals surface area contributed by atoms with E-state index in [0.29, 0.717) is 0 Å². The van der Waals surface area contributed by atoms with Gasteiger partial charge in [0.2, 0.25) is 0 Å². The Morgan fingerprint density at radius 1 is 1.60 bits per heavy atom. The fourth-order valence-corrected chi connectivity index (χ4v) is 0.729. The van der Waals surface area contributed by atoms with Gasteiger partial charge in [-0.1, -0.05) is 25.5 Å². The van der Waals surface area contributed by atoms with Gasteiger partial charge in [0.05, 0.1) is 6.42 Å². The summed E-state index contributed by atoms with van der Waals surface area (Å²) in [7, 11) is 0. The lowest BCUT2D eigenvalue weighted by Crippen LogP contribution is -1.96. The number of carbonyl (C=O) groups is 1. The summed E-state index contributed by atoms with van der Waals surface area (Å²) in [6.07, 6.45) is 3.12. The molecule has 0 aromatic carbocycles. The second-order valence-corrected chi connectivity index (χ2v) is 2.42. The third-order valence-electron chi connectivity index (χ3n) is 1.29. The van der Waals surface area contributed by atoms with Crippen molar-refractivity contribution < 1.29 is 9.90 Å². The highest BCUT2D eigenvalue weighted by molar-refractivity contribution is 5.69. The van der Waals surface area contributed by atoms with Crippen LogP contribution in [-0.2, 0) is 4.79 Å². The number of carboxylic acids is 1. The van der Waals surface area contributed by atoms with Crippen LogP contribution >= 0.6 is 0 Å². The summed E-state index contributed by atoms with van der Waals surface area (Å²) in [5.41, 5.74) is 0.828. The van der Waals surface area contributed by atoms with Crippen molar-refractivity contribution in [3.8, 4) is 0 Å². The molecule has 0 spiro atoms. The van der Waals surface area contributed by atoms with Gasteiger partial charge >= 0.3 is 5.97 Å². The molecule has 2 nitrogen and oxygen atoms in total. The Kier molecular flexibility index (Phi) is 4.63. The van der Waals surface area contributed by atoms with Crippen LogP contribution in [0.1, 0.15) is 32.6 Å². The first-order valence-electron chi connectivity index (χ1n) is 3.55. The molecule has 0 aliphatic heterocycles. The Hall–Kier alpha value is -0.790. The standard InChI is InChI=1S/C8H14O2/c1-3-4-5-7(2)6-8(9)10/h2-6H2,1H3,(H,9,10). The molecule has 0 radical (unpaired) electrons. The van der Waals surface area contributed by atoms with Gasteiger partial charge in [-0.3, -0.25) is 4.79 Å². The van der Waals surface area contributed by atoms with E-state index in [0.717, 1.165) is 24.8 Å². The first-order chi connectivity index (χ1) is 4.66. The number of unbranched alkanes of at least 4 members (excludes halogenated alkanes) is 1. The molecule has 0 rings (SSSR count). The molecule has 0 saturated carbocycles. The fraction of sp³-hybridized carbons (Fsp3) is 0.625. The summed E-state index contributed by atoms with van der Waals surface area (Å²) in [4.78, 5) is 10.1. The molecule has 2 heteroatoms. The smallest absolute Gasteiger partial charge is 0.307 e. The first-order valence-corrected chi connectivity index (χ1v) is 3.55. The van der Waals surface area contributed by atoms with E-state index in [1.807, 2.05) is 0 Å². The molecule has 0 aromatic heterocycles. The predicted molar refractivity (Wildman–Crippen MR) is 40.9 cm³/mol. The van der Waals surface area contributed by atoms with Gasteiger partial charge in [-0.15, -0.1) is 0 Å². The number of aliphatic carboxylic acids is 1. The lowest BCUT2D eigenvalue weighted by Gasteiger charge is -1.98. The molecule has 0 amide bonds. The van der Waals surface area contributed by atoms with Crippen molar-refractivity contribution >= 4 is 5.97 Å². The summed E-state index contributed by atoms with van der Waals surface area (Å²) < 4.78 is 0. The largest absolute Gasteiger partial charge is 0.481 e. The molecular weight excluding hydrogens is 128 g/mol. The topological polar surface area (TPSA) is 37.3 Å². The second kappa shape index (κ2) is 5.03. The molecule has 10 heavy (non-hydrogen) atoms. The van der Waals surface area contributed by atoms with Gasteiger partial charge in [0, 0.05) is 0 Å². The van der Waals surface area contributed by atoms with Crippen LogP contribution in [0.15, 0.2) is 12.2 Å². The highest BCUT2D eigenvalue weighted by atomic mass is 16.4. The monoisotopic (exact) mass is 142 g/mol. The van der Waals surface area contributed by atoms with E-state index in [1.54, 1.807) is 0 Å². The zero-order valence-electron chi connectivity index (χ0n) is 6.39. The Balaban J connectivity index is 3.35. The van der Waals surface area contributed by atoms with Gasteiger partial charge in [0.15, 0.2) is 0 Å². The quantitative estimate of drug-likeness (QED) is 0.597. The van der Waals surface area contributed by atoms with Gasteiger partial charge in [-0.05, 0) is 12.8 Å². The third-order valence-corrected chi connectivity index (χ3v) is 1.29. The average Bonchev–Trinajstić information content (AvgIpc) is 1.82. The molecule has 0 aromatic rings. The highest BCUT2D eigenvalue weighted by Gasteiger charge is 1.99. The van der Waals surface area contributed by atoms with E-state index in [2.05, 4.69) is 13.5 Å². The molecular formula is C8H14O2. The van der Waals surface area contributed by atoms with Crippen molar-refractivity contribution in [1.82, 2.24) is 0 Å². The molecule has 0 fully saturated rings. The molecule has 0 saturated heterocycles. The van der Waals surface area contributed by atoms with Crippen LogP contribution in [0.5, 0.6) is 0 Å². The Bertz CT molecular complexity index is 127. The van der Waals surface area contributed by atoms with Gasteiger partial charge in [0.1, 0.15) is 0 Å². The minimum Gasteiger partial charge on any atom is -0.481 e. The van der Waals surface area contributed by atoms with E-state index in [9.17, 15) is 4.79 Å². The molecule has 58 valence electrons. The molecule has 0 atom stereocenters. The number of carboxylic acid groups (broad SMARTS) is 1. The SMILES string of the molecule is C=C(CCCC)CC(=O)O. The lowest BCUT2D eigenvalue weighted by molar-refractivity contribution is -0.136. The summed E-state index contributed by atoms with van der Waals surface area (Å²) in [6.45, 7) is 5.73. The zero-order chi connectivity index (χ0) is 7.98. The molecule has 1 N–H and O–H groups in total. The zero-order valence-corrected chi connectivity index (χ0v) is 6.39. The van der Waals surface area contributed by atoms with Crippen LogP contribution in [0.4, 0.5) is 0 Å². The number of rotatable bonds is 5. The maximum Gasteiger partial charge on any atom is 0.307 e. The minimum atomic E-state index is -0.777. The minimum absolute atomic E-state index is 0.125. The fourth-order valence-electron chi connectivity index (χ4n) is 0.729. The van der Waals surface area contributed by atoms with Crippen molar-refractivity contribution in [2.75, 3.05) is 0 Å². The molecule has 0 aliphatic carbocycles. The maximum absolute atomic E-state index is 10.1. The van der Waals surface area contributed by atoms with E-state index < -0.39 is 5.97 Å². The summed E-state index contributed by atoms with van der Waals surface area (Å²) in [5, 5.41) is 8.32. The molecule has 0 unspecified atom stereocenters.